The number of hydrogen-bond donors (Lipinski definition) is 2. The number of cyclic esters (lactones) is 1. The summed E-state index contributed by atoms with van der Waals surface area (Å²) in [6.45, 7) is 16.7. The molecule has 2 aliphatic heterocycles. The van der Waals surface area contributed by atoms with Crippen LogP contribution in [0.2, 0.25) is 0 Å². The first-order valence-electron chi connectivity index (χ1n) is 8.25. The van der Waals surface area contributed by atoms with Gasteiger partial charge in [-0.15, -0.1) is 0 Å². The van der Waals surface area contributed by atoms with Gasteiger partial charge in [0.1, 0.15) is 6.29 Å². The van der Waals surface area contributed by atoms with Crippen molar-refractivity contribution in [3.05, 3.63) is 12.2 Å². The van der Waals surface area contributed by atoms with Crippen LogP contribution >= 0.6 is 0 Å². The highest BCUT2D eigenvalue weighted by Gasteiger charge is 2.15. The second-order valence-electron chi connectivity index (χ2n) is 4.25. The molecule has 0 aliphatic carbocycles. The Hall–Kier alpha value is -0.910. The van der Waals surface area contributed by atoms with Crippen molar-refractivity contribution in [1.82, 2.24) is 0 Å². The molecule has 5 heteroatoms. The highest BCUT2D eigenvalue weighted by molar-refractivity contribution is 5.70. The van der Waals surface area contributed by atoms with Crippen LogP contribution in [0.5, 0.6) is 0 Å². The predicted molar refractivity (Wildman–Crippen MR) is 90.6 cm³/mol. The SMILES string of the molecule is C=C1COC(CC)C1.CC.CC.CC(O)O.O=C1CCCO1. The number of esters is 1. The summed E-state index contributed by atoms with van der Waals surface area (Å²) in [6.07, 6.45) is 3.05. The first kappa shape index (κ1) is 26.0. The van der Waals surface area contributed by atoms with E-state index in [2.05, 4.69) is 18.2 Å². The third-order valence-electron chi connectivity index (χ3n) is 2.28. The summed E-state index contributed by atoms with van der Waals surface area (Å²) in [5.41, 5.74) is 1.25. The Labute approximate surface area is 136 Å². The predicted octanol–water partition coefficient (Wildman–Crippen LogP) is 3.43. The zero-order chi connectivity index (χ0) is 18.0. The molecule has 2 heterocycles. The van der Waals surface area contributed by atoms with Crippen LogP contribution in [-0.4, -0.2) is 41.8 Å². The molecular formula is C17H36O5. The van der Waals surface area contributed by atoms with Gasteiger partial charge in [0.2, 0.25) is 0 Å². The summed E-state index contributed by atoms with van der Waals surface area (Å²) in [6, 6.07) is 0. The molecule has 0 radical (unpaired) electrons. The van der Waals surface area contributed by atoms with E-state index in [4.69, 9.17) is 14.9 Å². The van der Waals surface area contributed by atoms with E-state index in [0.29, 0.717) is 19.1 Å². The Balaban J connectivity index is -0.000000230. The Morgan fingerprint density at radius 1 is 1.27 bits per heavy atom. The molecule has 2 rings (SSSR count). The van der Waals surface area contributed by atoms with E-state index in [1.54, 1.807) is 0 Å². The molecule has 0 aromatic rings. The van der Waals surface area contributed by atoms with Crippen molar-refractivity contribution in [3.8, 4) is 0 Å². The molecule has 0 bridgehead atoms. The molecule has 134 valence electrons. The molecule has 22 heavy (non-hydrogen) atoms. The van der Waals surface area contributed by atoms with Crippen molar-refractivity contribution in [2.24, 2.45) is 0 Å². The minimum absolute atomic E-state index is 0.0463. The van der Waals surface area contributed by atoms with E-state index >= 15 is 0 Å². The fourth-order valence-corrected chi connectivity index (χ4v) is 1.41. The summed E-state index contributed by atoms with van der Waals surface area (Å²) >= 11 is 0. The summed E-state index contributed by atoms with van der Waals surface area (Å²) < 4.78 is 9.83. The number of ether oxygens (including phenoxy) is 2. The second kappa shape index (κ2) is 20.1. The first-order chi connectivity index (χ1) is 10.5. The minimum Gasteiger partial charge on any atom is -0.466 e. The minimum atomic E-state index is -1.17. The van der Waals surface area contributed by atoms with Crippen LogP contribution in [0.3, 0.4) is 0 Å². The van der Waals surface area contributed by atoms with Gasteiger partial charge in [-0.25, -0.2) is 0 Å². The Kier molecular flexibility index (Phi) is 23.8. The highest BCUT2D eigenvalue weighted by Crippen LogP contribution is 2.18. The molecule has 5 nitrogen and oxygen atoms in total. The quantitative estimate of drug-likeness (QED) is 0.440. The zero-order valence-electron chi connectivity index (χ0n) is 15.2. The van der Waals surface area contributed by atoms with Crippen molar-refractivity contribution in [2.75, 3.05) is 13.2 Å². The Morgan fingerprint density at radius 3 is 1.91 bits per heavy atom. The standard InChI is InChI=1S/C7H12O.C4H6O2.C2H6O2.2C2H6/c1-3-7-4-6(2)5-8-7;5-4-2-1-3-6-4;1-2(3)4;2*1-2/h7H,2-5H2,1H3;1-3H2;2-4H,1H3;2*1-2H3. The van der Waals surface area contributed by atoms with Crippen molar-refractivity contribution in [2.45, 2.75) is 79.6 Å². The van der Waals surface area contributed by atoms with Crippen molar-refractivity contribution in [1.29, 1.82) is 0 Å². The van der Waals surface area contributed by atoms with E-state index in [-0.39, 0.29) is 5.97 Å². The molecule has 0 aromatic carbocycles. The second-order valence-corrected chi connectivity index (χ2v) is 4.25. The lowest BCUT2D eigenvalue weighted by molar-refractivity contribution is -0.137. The molecular weight excluding hydrogens is 284 g/mol. The summed E-state index contributed by atoms with van der Waals surface area (Å²) in [7, 11) is 0. The number of aliphatic hydroxyl groups excluding tert-OH is 1. The van der Waals surface area contributed by atoms with Crippen LogP contribution in [-0.2, 0) is 14.3 Å². The Morgan fingerprint density at radius 2 is 1.77 bits per heavy atom. The van der Waals surface area contributed by atoms with Gasteiger partial charge in [0.15, 0.2) is 0 Å². The third-order valence-corrected chi connectivity index (χ3v) is 2.28. The van der Waals surface area contributed by atoms with Crippen molar-refractivity contribution >= 4 is 5.97 Å². The smallest absolute Gasteiger partial charge is 0.305 e. The lowest BCUT2D eigenvalue weighted by atomic mass is 10.1. The fourth-order valence-electron chi connectivity index (χ4n) is 1.41. The van der Waals surface area contributed by atoms with Gasteiger partial charge in [-0.1, -0.05) is 41.2 Å². The normalized spacial score (nSPS) is 18.5. The highest BCUT2D eigenvalue weighted by atomic mass is 16.5. The fraction of sp³-hybridized carbons (Fsp3) is 0.824. The average Bonchev–Trinajstić information content (AvgIpc) is 3.14. The average molecular weight is 320 g/mol. The maximum absolute atomic E-state index is 10.0. The molecule has 2 N–H and O–H groups in total. The maximum atomic E-state index is 10.0. The van der Waals surface area contributed by atoms with E-state index in [1.807, 2.05) is 27.7 Å². The molecule has 2 saturated heterocycles. The summed E-state index contributed by atoms with van der Waals surface area (Å²) in [4.78, 5) is 10.0. The van der Waals surface area contributed by atoms with Gasteiger partial charge in [0.25, 0.3) is 0 Å². The van der Waals surface area contributed by atoms with E-state index in [1.165, 1.54) is 12.5 Å². The first-order valence-corrected chi connectivity index (χ1v) is 8.25. The molecule has 2 aliphatic rings. The largest absolute Gasteiger partial charge is 0.466 e. The van der Waals surface area contributed by atoms with Gasteiger partial charge >= 0.3 is 5.97 Å². The molecule has 0 amide bonds. The van der Waals surface area contributed by atoms with Gasteiger partial charge in [-0.05, 0) is 31.8 Å². The lowest BCUT2D eigenvalue weighted by Gasteiger charge is -2.00. The number of carbonyl (C=O) groups excluding carboxylic acids is 1. The van der Waals surface area contributed by atoms with Crippen LogP contribution < -0.4 is 0 Å². The summed E-state index contributed by atoms with van der Waals surface area (Å²) in [5, 5.41) is 15.2. The number of hydrogen-bond acceptors (Lipinski definition) is 5. The van der Waals surface area contributed by atoms with Crippen LogP contribution in [0.15, 0.2) is 12.2 Å². The van der Waals surface area contributed by atoms with Crippen molar-refractivity contribution in [3.63, 3.8) is 0 Å². The zero-order valence-corrected chi connectivity index (χ0v) is 15.2. The molecule has 1 atom stereocenters. The van der Waals surface area contributed by atoms with E-state index in [0.717, 1.165) is 25.9 Å². The Bertz CT molecular complexity index is 241. The van der Waals surface area contributed by atoms with E-state index < -0.39 is 6.29 Å². The van der Waals surface area contributed by atoms with Gasteiger partial charge < -0.3 is 19.7 Å². The van der Waals surface area contributed by atoms with Crippen LogP contribution in [0, 0.1) is 0 Å². The van der Waals surface area contributed by atoms with Crippen LogP contribution in [0.1, 0.15) is 67.2 Å². The van der Waals surface area contributed by atoms with Crippen LogP contribution in [0.4, 0.5) is 0 Å². The van der Waals surface area contributed by atoms with Gasteiger partial charge in [-0.2, -0.15) is 0 Å². The van der Waals surface area contributed by atoms with Gasteiger partial charge in [0, 0.05) is 6.42 Å². The number of aliphatic hydroxyl groups is 2. The molecule has 2 fully saturated rings. The molecule has 1 unspecified atom stereocenters. The third kappa shape index (κ3) is 21.4. The molecule has 0 spiro atoms. The van der Waals surface area contributed by atoms with Gasteiger partial charge in [-0.3, -0.25) is 4.79 Å². The molecule has 0 saturated carbocycles. The number of rotatable bonds is 1. The van der Waals surface area contributed by atoms with Gasteiger partial charge in [0.05, 0.1) is 19.3 Å². The maximum Gasteiger partial charge on any atom is 0.305 e. The number of carbonyl (C=O) groups is 1. The lowest BCUT2D eigenvalue weighted by Crippen LogP contribution is -2.00. The van der Waals surface area contributed by atoms with E-state index in [9.17, 15) is 4.79 Å². The topological polar surface area (TPSA) is 76.0 Å². The van der Waals surface area contributed by atoms with Crippen LogP contribution in [0.25, 0.3) is 0 Å². The molecule has 0 aromatic heterocycles. The monoisotopic (exact) mass is 320 g/mol. The van der Waals surface area contributed by atoms with Crippen molar-refractivity contribution < 1.29 is 24.5 Å². The summed E-state index contributed by atoms with van der Waals surface area (Å²) in [5.74, 6) is -0.0463.